The SMILES string of the molecule is Cc1cc(Nc2ncc(F)c(NC3C=CCC3C(N)=O)n2)ccc1N1CCN(C)CC1. The molecule has 2 aromatic rings. The highest BCUT2D eigenvalue weighted by Gasteiger charge is 2.28. The van der Waals surface area contributed by atoms with Gasteiger partial charge in [0.25, 0.3) is 0 Å². The van der Waals surface area contributed by atoms with Crippen molar-refractivity contribution >= 4 is 29.0 Å². The largest absolute Gasteiger partial charge is 0.369 e. The number of carbonyl (C=O) groups excluding carboxylic acids is 1. The van der Waals surface area contributed by atoms with Crippen LogP contribution in [0.3, 0.4) is 0 Å². The Kier molecular flexibility index (Phi) is 6.03. The van der Waals surface area contributed by atoms with Crippen LogP contribution in [0.4, 0.5) is 27.5 Å². The normalized spacial score (nSPS) is 21.3. The Morgan fingerprint density at radius 3 is 2.74 bits per heavy atom. The molecule has 2 atom stereocenters. The lowest BCUT2D eigenvalue weighted by Crippen LogP contribution is -2.44. The molecule has 1 fully saturated rings. The Morgan fingerprint density at radius 1 is 1.26 bits per heavy atom. The predicted octanol–water partition coefficient (Wildman–Crippen LogP) is 2.26. The number of benzene rings is 1. The number of aromatic nitrogens is 2. The molecule has 0 bridgehead atoms. The Labute approximate surface area is 181 Å². The van der Waals surface area contributed by atoms with Crippen LogP contribution in [0.15, 0.2) is 36.5 Å². The number of allylic oxidation sites excluding steroid dienone is 1. The minimum Gasteiger partial charge on any atom is -0.369 e. The second-order valence-corrected chi connectivity index (χ2v) is 8.15. The summed E-state index contributed by atoms with van der Waals surface area (Å²) >= 11 is 0. The van der Waals surface area contributed by atoms with Gasteiger partial charge in [-0.2, -0.15) is 4.98 Å². The minimum atomic E-state index is -0.587. The van der Waals surface area contributed by atoms with E-state index in [-0.39, 0.29) is 17.8 Å². The molecule has 31 heavy (non-hydrogen) atoms. The van der Waals surface area contributed by atoms with Crippen molar-refractivity contribution < 1.29 is 9.18 Å². The minimum absolute atomic E-state index is 0.0334. The van der Waals surface area contributed by atoms with E-state index in [1.165, 1.54) is 5.69 Å². The van der Waals surface area contributed by atoms with Crippen molar-refractivity contribution in [1.29, 1.82) is 0 Å². The standard InChI is InChI=1S/C22H28FN7O/c1-14-12-15(6-7-19(14)30-10-8-29(2)9-11-30)26-22-25-13-17(23)21(28-22)27-18-5-3-4-16(18)20(24)31/h3,5-7,12-13,16,18H,4,8-11H2,1-2H3,(H2,24,31)(H2,25,26,27,28). The van der Waals surface area contributed by atoms with Crippen molar-refractivity contribution in [3.05, 3.63) is 47.9 Å². The molecule has 2 heterocycles. The number of carbonyl (C=O) groups is 1. The van der Waals surface area contributed by atoms with Gasteiger partial charge in [-0.05, 0) is 44.2 Å². The summed E-state index contributed by atoms with van der Waals surface area (Å²) < 4.78 is 14.3. The van der Waals surface area contributed by atoms with Crippen LogP contribution in [0.2, 0.25) is 0 Å². The van der Waals surface area contributed by atoms with Crippen LogP contribution in [0.5, 0.6) is 0 Å². The van der Waals surface area contributed by atoms with Crippen molar-refractivity contribution in [1.82, 2.24) is 14.9 Å². The van der Waals surface area contributed by atoms with Crippen molar-refractivity contribution in [2.24, 2.45) is 11.7 Å². The number of anilines is 4. The first-order valence-corrected chi connectivity index (χ1v) is 10.5. The van der Waals surface area contributed by atoms with Gasteiger partial charge in [-0.25, -0.2) is 9.37 Å². The third kappa shape index (κ3) is 4.77. The third-order valence-electron chi connectivity index (χ3n) is 5.88. The quantitative estimate of drug-likeness (QED) is 0.611. The van der Waals surface area contributed by atoms with Gasteiger partial charge in [0.05, 0.1) is 18.2 Å². The van der Waals surface area contributed by atoms with Crippen LogP contribution in [0.1, 0.15) is 12.0 Å². The van der Waals surface area contributed by atoms with Crippen molar-refractivity contribution in [2.75, 3.05) is 48.8 Å². The van der Waals surface area contributed by atoms with E-state index in [0.717, 1.165) is 43.6 Å². The Hall–Kier alpha value is -3.20. The molecule has 9 heteroatoms. The number of nitrogens with one attached hydrogen (secondary N) is 2. The predicted molar refractivity (Wildman–Crippen MR) is 120 cm³/mol. The van der Waals surface area contributed by atoms with E-state index in [1.54, 1.807) is 0 Å². The van der Waals surface area contributed by atoms with Crippen molar-refractivity contribution in [3.63, 3.8) is 0 Å². The van der Waals surface area contributed by atoms with E-state index in [0.29, 0.717) is 6.42 Å². The van der Waals surface area contributed by atoms with Gasteiger partial charge in [-0.3, -0.25) is 4.79 Å². The lowest BCUT2D eigenvalue weighted by Gasteiger charge is -2.35. The number of rotatable bonds is 6. The molecule has 1 aromatic carbocycles. The third-order valence-corrected chi connectivity index (χ3v) is 5.88. The van der Waals surface area contributed by atoms with Crippen LogP contribution < -0.4 is 21.3 Å². The molecule has 1 aliphatic carbocycles. The average molecular weight is 426 g/mol. The van der Waals surface area contributed by atoms with Gasteiger partial charge in [0.1, 0.15) is 0 Å². The van der Waals surface area contributed by atoms with Gasteiger partial charge in [-0.15, -0.1) is 0 Å². The molecular formula is C22H28FN7O. The van der Waals surface area contributed by atoms with Crippen LogP contribution in [-0.2, 0) is 4.79 Å². The second kappa shape index (κ2) is 8.89. The Bertz CT molecular complexity index is 988. The summed E-state index contributed by atoms with van der Waals surface area (Å²) in [6, 6.07) is 5.71. The molecule has 164 valence electrons. The molecule has 0 saturated carbocycles. The Morgan fingerprint density at radius 2 is 2.03 bits per heavy atom. The van der Waals surface area contributed by atoms with Gasteiger partial charge in [-0.1, -0.05) is 12.2 Å². The maximum Gasteiger partial charge on any atom is 0.229 e. The number of hydrogen-bond acceptors (Lipinski definition) is 7. The van der Waals surface area contributed by atoms with Gasteiger partial charge in [0, 0.05) is 37.6 Å². The van der Waals surface area contributed by atoms with E-state index < -0.39 is 17.6 Å². The topological polar surface area (TPSA) is 99.4 Å². The lowest BCUT2D eigenvalue weighted by molar-refractivity contribution is -0.121. The van der Waals surface area contributed by atoms with Crippen LogP contribution >= 0.6 is 0 Å². The first kappa shape index (κ1) is 21.0. The fourth-order valence-electron chi connectivity index (χ4n) is 4.05. The molecule has 8 nitrogen and oxygen atoms in total. The maximum absolute atomic E-state index is 14.3. The number of primary amides is 1. The first-order valence-electron chi connectivity index (χ1n) is 10.5. The summed E-state index contributed by atoms with van der Waals surface area (Å²) in [5.74, 6) is -1.13. The molecule has 4 rings (SSSR count). The van der Waals surface area contributed by atoms with Crippen LogP contribution in [-0.4, -0.2) is 60.0 Å². The molecule has 4 N–H and O–H groups in total. The molecule has 2 aliphatic rings. The maximum atomic E-state index is 14.3. The number of piperazine rings is 1. The smallest absolute Gasteiger partial charge is 0.229 e. The van der Waals surface area contributed by atoms with E-state index >= 15 is 0 Å². The highest BCUT2D eigenvalue weighted by atomic mass is 19.1. The highest BCUT2D eigenvalue weighted by Crippen LogP contribution is 2.27. The summed E-state index contributed by atoms with van der Waals surface area (Å²) in [5, 5.41) is 6.11. The zero-order valence-electron chi connectivity index (χ0n) is 17.8. The first-order chi connectivity index (χ1) is 14.9. The number of aryl methyl sites for hydroxylation is 1. The van der Waals surface area contributed by atoms with E-state index in [9.17, 15) is 9.18 Å². The zero-order chi connectivity index (χ0) is 22.0. The number of likely N-dealkylation sites (N-methyl/N-ethyl adjacent to an activating group) is 1. The van der Waals surface area contributed by atoms with Gasteiger partial charge in [0.2, 0.25) is 11.9 Å². The molecule has 0 spiro atoms. The number of nitrogens with two attached hydrogens (primary N) is 1. The fraction of sp³-hybridized carbons (Fsp3) is 0.409. The second-order valence-electron chi connectivity index (χ2n) is 8.15. The number of nitrogens with zero attached hydrogens (tertiary/aromatic N) is 4. The monoisotopic (exact) mass is 425 g/mol. The average Bonchev–Trinajstić information content (AvgIpc) is 3.20. The van der Waals surface area contributed by atoms with Crippen molar-refractivity contribution in [3.8, 4) is 0 Å². The van der Waals surface area contributed by atoms with Crippen molar-refractivity contribution in [2.45, 2.75) is 19.4 Å². The van der Waals surface area contributed by atoms with E-state index in [4.69, 9.17) is 5.73 Å². The summed E-state index contributed by atoms with van der Waals surface area (Å²) in [6.45, 7) is 6.18. The molecule has 0 radical (unpaired) electrons. The molecule has 1 aliphatic heterocycles. The summed E-state index contributed by atoms with van der Waals surface area (Å²) in [5.41, 5.74) is 8.62. The highest BCUT2D eigenvalue weighted by molar-refractivity contribution is 5.79. The molecule has 1 aromatic heterocycles. The van der Waals surface area contributed by atoms with Crippen LogP contribution in [0.25, 0.3) is 0 Å². The molecule has 2 unspecified atom stereocenters. The van der Waals surface area contributed by atoms with Gasteiger partial charge < -0.3 is 26.2 Å². The molecule has 1 amide bonds. The van der Waals surface area contributed by atoms with Crippen LogP contribution in [0, 0.1) is 18.7 Å². The zero-order valence-corrected chi connectivity index (χ0v) is 17.8. The number of hydrogen-bond donors (Lipinski definition) is 3. The summed E-state index contributed by atoms with van der Waals surface area (Å²) in [6.07, 6.45) is 5.31. The molecular weight excluding hydrogens is 397 g/mol. The number of halogens is 1. The lowest BCUT2D eigenvalue weighted by atomic mass is 10.0. The summed E-state index contributed by atoms with van der Waals surface area (Å²) in [7, 11) is 2.14. The Balaban J connectivity index is 1.47. The van der Waals surface area contributed by atoms with Gasteiger partial charge >= 0.3 is 0 Å². The van der Waals surface area contributed by atoms with Gasteiger partial charge in [0.15, 0.2) is 11.6 Å². The van der Waals surface area contributed by atoms with E-state index in [1.807, 2.05) is 24.3 Å². The van der Waals surface area contributed by atoms with E-state index in [2.05, 4.69) is 50.4 Å². The summed E-state index contributed by atoms with van der Waals surface area (Å²) in [4.78, 5) is 24.6. The molecule has 1 saturated heterocycles. The fourth-order valence-corrected chi connectivity index (χ4v) is 4.05. The number of amides is 1.